The van der Waals surface area contributed by atoms with Crippen LogP contribution in [0, 0.1) is 27.7 Å². The molecular formula is C23H24O6. The smallest absolute Gasteiger partial charge is 0.157 e. The van der Waals surface area contributed by atoms with Crippen molar-refractivity contribution in [3.05, 3.63) is 69.3 Å². The molecule has 0 aliphatic rings. The summed E-state index contributed by atoms with van der Waals surface area (Å²) in [6, 6.07) is 7.49. The van der Waals surface area contributed by atoms with E-state index in [-0.39, 0.29) is 34.5 Å². The van der Waals surface area contributed by atoms with E-state index in [0.717, 1.165) is 0 Å². The molecule has 0 saturated carbocycles. The molecule has 152 valence electrons. The molecule has 0 aromatic heterocycles. The first-order valence-electron chi connectivity index (χ1n) is 9.10. The third-order valence-electron chi connectivity index (χ3n) is 5.41. The molecule has 0 heterocycles. The van der Waals surface area contributed by atoms with E-state index in [9.17, 15) is 30.6 Å². The van der Waals surface area contributed by atoms with Crippen molar-refractivity contribution in [2.45, 2.75) is 33.6 Å². The summed E-state index contributed by atoms with van der Waals surface area (Å²) in [7, 11) is 0. The van der Waals surface area contributed by atoms with Crippen molar-refractivity contribution in [2.75, 3.05) is 0 Å². The average Bonchev–Trinajstić information content (AvgIpc) is 2.69. The first-order valence-corrected chi connectivity index (χ1v) is 9.10. The highest BCUT2D eigenvalue weighted by molar-refractivity contribution is 5.63. The number of hydrogen-bond acceptors (Lipinski definition) is 6. The molecule has 0 saturated heterocycles. The highest BCUT2D eigenvalue weighted by Gasteiger charge is 2.28. The molecule has 0 atom stereocenters. The third kappa shape index (κ3) is 3.27. The second-order valence-corrected chi connectivity index (χ2v) is 7.39. The predicted molar refractivity (Wildman–Crippen MR) is 109 cm³/mol. The van der Waals surface area contributed by atoms with Crippen LogP contribution in [0.15, 0.2) is 30.3 Å². The van der Waals surface area contributed by atoms with Crippen LogP contribution in [0.2, 0.25) is 0 Å². The molecule has 0 fully saturated rings. The van der Waals surface area contributed by atoms with Gasteiger partial charge in [0.25, 0.3) is 0 Å². The zero-order valence-corrected chi connectivity index (χ0v) is 16.6. The summed E-state index contributed by atoms with van der Waals surface area (Å²) in [4.78, 5) is 0. The number of benzene rings is 3. The lowest BCUT2D eigenvalue weighted by Gasteiger charge is -2.24. The minimum absolute atomic E-state index is 0.0270. The van der Waals surface area contributed by atoms with E-state index in [2.05, 4.69) is 0 Å². The van der Waals surface area contributed by atoms with Crippen molar-refractivity contribution in [1.82, 2.24) is 0 Å². The van der Waals surface area contributed by atoms with E-state index >= 15 is 0 Å². The Hall–Kier alpha value is -3.54. The fraction of sp³-hybridized carbons (Fsp3) is 0.217. The van der Waals surface area contributed by atoms with Gasteiger partial charge in [-0.3, -0.25) is 0 Å². The number of rotatable bonds is 3. The molecule has 0 spiro atoms. The van der Waals surface area contributed by atoms with Gasteiger partial charge in [-0.1, -0.05) is 6.07 Å². The summed E-state index contributed by atoms with van der Waals surface area (Å²) in [6.45, 7) is 6.56. The van der Waals surface area contributed by atoms with Gasteiger partial charge in [-0.05, 0) is 68.7 Å². The van der Waals surface area contributed by atoms with Gasteiger partial charge in [0, 0.05) is 28.2 Å². The summed E-state index contributed by atoms with van der Waals surface area (Å²) in [5.41, 5.74) is 2.97. The van der Waals surface area contributed by atoms with Crippen LogP contribution >= 0.6 is 0 Å². The Bertz CT molecular complexity index is 1050. The van der Waals surface area contributed by atoms with Crippen LogP contribution < -0.4 is 0 Å². The van der Waals surface area contributed by atoms with Gasteiger partial charge < -0.3 is 30.6 Å². The molecule has 0 aliphatic heterocycles. The molecule has 0 amide bonds. The summed E-state index contributed by atoms with van der Waals surface area (Å²) in [5, 5.41) is 61.7. The van der Waals surface area contributed by atoms with Crippen LogP contribution in [0.5, 0.6) is 34.5 Å². The van der Waals surface area contributed by atoms with Gasteiger partial charge in [0.15, 0.2) is 11.5 Å². The van der Waals surface area contributed by atoms with Crippen LogP contribution in [-0.2, 0) is 0 Å². The second-order valence-electron chi connectivity index (χ2n) is 7.39. The third-order valence-corrected chi connectivity index (χ3v) is 5.41. The standard InChI is InChI=1S/C23H24O6/c1-10-7-15(22(28)12(3)20(10)26)19(14-5-6-17(24)18(25)9-14)16-8-11(2)21(27)13(4)23(16)29/h5-9,19,24-29H,1-4H3. The van der Waals surface area contributed by atoms with Crippen molar-refractivity contribution >= 4 is 0 Å². The van der Waals surface area contributed by atoms with Gasteiger partial charge in [0.2, 0.25) is 0 Å². The first-order chi connectivity index (χ1) is 13.5. The van der Waals surface area contributed by atoms with Gasteiger partial charge in [0.1, 0.15) is 23.0 Å². The predicted octanol–water partition coefficient (Wildman–Crippen LogP) is 4.33. The van der Waals surface area contributed by atoms with Gasteiger partial charge in [-0.15, -0.1) is 0 Å². The highest BCUT2D eigenvalue weighted by Crippen LogP contribution is 2.47. The van der Waals surface area contributed by atoms with Crippen LogP contribution in [-0.4, -0.2) is 30.6 Å². The number of aromatic hydroxyl groups is 6. The van der Waals surface area contributed by atoms with Gasteiger partial charge in [0.05, 0.1) is 0 Å². The molecule has 6 heteroatoms. The fourth-order valence-corrected chi connectivity index (χ4v) is 3.68. The summed E-state index contributed by atoms with van der Waals surface area (Å²) >= 11 is 0. The van der Waals surface area contributed by atoms with Crippen molar-refractivity contribution in [1.29, 1.82) is 0 Å². The fourth-order valence-electron chi connectivity index (χ4n) is 3.68. The van der Waals surface area contributed by atoms with Crippen molar-refractivity contribution in [2.24, 2.45) is 0 Å². The largest absolute Gasteiger partial charge is 0.507 e. The summed E-state index contributed by atoms with van der Waals surface area (Å²) < 4.78 is 0. The SMILES string of the molecule is Cc1cc(C(c2ccc(O)c(O)c2)c2cc(C)c(O)c(C)c2O)c(O)c(C)c1O. The maximum Gasteiger partial charge on any atom is 0.157 e. The Morgan fingerprint density at radius 1 is 0.552 bits per heavy atom. The average molecular weight is 396 g/mol. The zero-order valence-electron chi connectivity index (χ0n) is 16.6. The zero-order chi connectivity index (χ0) is 21.6. The maximum atomic E-state index is 10.8. The van der Waals surface area contributed by atoms with Crippen molar-refractivity contribution in [3.8, 4) is 34.5 Å². The minimum atomic E-state index is -0.738. The molecule has 0 unspecified atom stereocenters. The molecule has 6 N–H and O–H groups in total. The van der Waals surface area contributed by atoms with Crippen LogP contribution in [0.3, 0.4) is 0 Å². The van der Waals surface area contributed by atoms with Gasteiger partial charge in [-0.2, -0.15) is 0 Å². The van der Waals surface area contributed by atoms with E-state index in [1.807, 2.05) is 0 Å². The molecule has 0 aliphatic carbocycles. The minimum Gasteiger partial charge on any atom is -0.507 e. The first kappa shape index (κ1) is 20.2. The molecule has 0 bridgehead atoms. The van der Waals surface area contributed by atoms with Crippen LogP contribution in [0.1, 0.15) is 44.9 Å². The summed E-state index contributed by atoms with van der Waals surface area (Å²) in [6.07, 6.45) is 0. The Morgan fingerprint density at radius 2 is 1.00 bits per heavy atom. The van der Waals surface area contributed by atoms with Crippen molar-refractivity contribution in [3.63, 3.8) is 0 Å². The lowest BCUT2D eigenvalue weighted by molar-refractivity contribution is 0.402. The molecular weight excluding hydrogens is 372 g/mol. The van der Waals surface area contributed by atoms with E-state index in [1.54, 1.807) is 45.9 Å². The molecule has 0 radical (unpaired) electrons. The number of hydrogen-bond donors (Lipinski definition) is 6. The van der Waals surface area contributed by atoms with Gasteiger partial charge >= 0.3 is 0 Å². The summed E-state index contributed by atoms with van der Waals surface area (Å²) in [5.74, 6) is -1.72. The monoisotopic (exact) mass is 396 g/mol. The Morgan fingerprint density at radius 3 is 1.41 bits per heavy atom. The quantitative estimate of drug-likeness (QED) is 0.289. The van der Waals surface area contributed by atoms with Crippen molar-refractivity contribution < 1.29 is 30.6 Å². The lowest BCUT2D eigenvalue weighted by Crippen LogP contribution is -2.07. The molecule has 3 aromatic carbocycles. The number of phenols is 6. The van der Waals surface area contributed by atoms with Gasteiger partial charge in [-0.25, -0.2) is 0 Å². The van der Waals surface area contributed by atoms with Crippen LogP contribution in [0.4, 0.5) is 0 Å². The van der Waals surface area contributed by atoms with E-state index in [1.165, 1.54) is 12.1 Å². The lowest BCUT2D eigenvalue weighted by atomic mass is 9.81. The Kier molecular flexibility index (Phi) is 4.96. The van der Waals surface area contributed by atoms with E-state index in [0.29, 0.717) is 38.9 Å². The molecule has 29 heavy (non-hydrogen) atoms. The number of phenolic OH excluding ortho intramolecular Hbond substituents is 6. The molecule has 3 rings (SSSR count). The second kappa shape index (κ2) is 7.13. The molecule has 3 aromatic rings. The Labute approximate surface area is 168 Å². The van der Waals surface area contributed by atoms with E-state index in [4.69, 9.17) is 0 Å². The van der Waals surface area contributed by atoms with E-state index < -0.39 is 5.92 Å². The highest BCUT2D eigenvalue weighted by atomic mass is 16.3. The maximum absolute atomic E-state index is 10.8. The van der Waals surface area contributed by atoms with Crippen LogP contribution in [0.25, 0.3) is 0 Å². The number of aryl methyl sites for hydroxylation is 2. The normalized spacial score (nSPS) is 11.2. The molecule has 6 nitrogen and oxygen atoms in total. The Balaban J connectivity index is 2.41. The topological polar surface area (TPSA) is 121 Å².